The van der Waals surface area contributed by atoms with Crippen molar-refractivity contribution >= 4 is 23.1 Å². The molecule has 3 aromatic rings. The Morgan fingerprint density at radius 2 is 2.03 bits per heavy atom. The second-order valence-corrected chi connectivity index (χ2v) is 8.80. The van der Waals surface area contributed by atoms with Gasteiger partial charge in [0.25, 0.3) is 5.91 Å². The molecule has 0 aliphatic carbocycles. The second-order valence-electron chi connectivity index (χ2n) is 8.80. The monoisotopic (exact) mass is 449 g/mol. The van der Waals surface area contributed by atoms with Crippen LogP contribution in [0.2, 0.25) is 0 Å². The second kappa shape index (κ2) is 8.06. The average molecular weight is 450 g/mol. The number of benzene rings is 1. The number of pyridine rings is 1. The topological polar surface area (TPSA) is 92.3 Å². The van der Waals surface area contributed by atoms with Crippen LogP contribution in [0.4, 0.5) is 21.6 Å². The number of fused-ring (bicyclic) bond motifs is 8. The molecule has 0 unspecified atom stereocenters. The van der Waals surface area contributed by atoms with E-state index in [1.54, 1.807) is 35.0 Å². The maximum Gasteiger partial charge on any atom is 0.274 e. The van der Waals surface area contributed by atoms with Gasteiger partial charge >= 0.3 is 0 Å². The summed E-state index contributed by atoms with van der Waals surface area (Å²) in [6, 6.07) is 6.79. The number of likely N-dealkylation sites (N-methyl/N-ethyl adjacent to an activating group) is 1. The van der Waals surface area contributed by atoms with Gasteiger partial charge in [-0.25, -0.2) is 9.37 Å². The van der Waals surface area contributed by atoms with E-state index < -0.39 is 0 Å². The highest BCUT2D eigenvalue weighted by Crippen LogP contribution is 2.42. The summed E-state index contributed by atoms with van der Waals surface area (Å²) in [4.78, 5) is 21.7. The Kier molecular flexibility index (Phi) is 5.19. The quantitative estimate of drug-likeness (QED) is 0.547. The van der Waals surface area contributed by atoms with Crippen molar-refractivity contribution in [3.8, 4) is 11.1 Å². The molecule has 172 valence electrons. The third-order valence-electron chi connectivity index (χ3n) is 6.77. The zero-order chi connectivity index (χ0) is 23.3. The summed E-state index contributed by atoms with van der Waals surface area (Å²) in [6.07, 6.45) is 3.55. The highest BCUT2D eigenvalue weighted by Gasteiger charge is 2.32. The molecule has 2 aromatic heterocycles. The van der Waals surface area contributed by atoms with E-state index in [0.717, 1.165) is 53.1 Å². The van der Waals surface area contributed by atoms with Crippen LogP contribution in [0.1, 0.15) is 40.6 Å². The fourth-order valence-electron chi connectivity index (χ4n) is 4.92. The summed E-state index contributed by atoms with van der Waals surface area (Å²) in [6.45, 7) is 3.74. The Morgan fingerprint density at radius 3 is 2.85 bits per heavy atom. The molecule has 1 aromatic carbocycles. The van der Waals surface area contributed by atoms with Crippen LogP contribution in [0.3, 0.4) is 0 Å². The molecule has 1 amide bonds. The number of hydrogen-bond acceptors (Lipinski definition) is 6. The van der Waals surface area contributed by atoms with Crippen molar-refractivity contribution in [2.45, 2.75) is 25.8 Å². The third kappa shape index (κ3) is 3.57. The minimum atomic E-state index is -0.272. The summed E-state index contributed by atoms with van der Waals surface area (Å²) in [5, 5.41) is 7.94. The number of carbonyl (C=O) groups excluding carboxylic acids is 1. The molecule has 1 fully saturated rings. The van der Waals surface area contributed by atoms with E-state index in [4.69, 9.17) is 5.73 Å². The molecule has 33 heavy (non-hydrogen) atoms. The Bertz CT molecular complexity index is 1240. The smallest absolute Gasteiger partial charge is 0.274 e. The molecule has 0 radical (unpaired) electrons. The van der Waals surface area contributed by atoms with Gasteiger partial charge in [0.1, 0.15) is 11.6 Å². The van der Waals surface area contributed by atoms with Gasteiger partial charge in [-0.15, -0.1) is 0 Å². The zero-order valence-corrected chi connectivity index (χ0v) is 19.1. The summed E-state index contributed by atoms with van der Waals surface area (Å²) < 4.78 is 16.0. The number of halogens is 1. The molecular formula is C24H28FN7O. The lowest BCUT2D eigenvalue weighted by Crippen LogP contribution is -2.32. The third-order valence-corrected chi connectivity index (χ3v) is 6.77. The zero-order valence-electron chi connectivity index (χ0n) is 19.1. The molecule has 1 saturated heterocycles. The SMILES string of the molecule is Cc1c2c(nn1C)C(=O)N(C)CCNc1ccc(F)cc1[C@H]1CCCN1c1cc-2cnc1N. The number of rotatable bonds is 0. The van der Waals surface area contributed by atoms with E-state index in [9.17, 15) is 9.18 Å². The maximum absolute atomic E-state index is 14.3. The molecular weight excluding hydrogens is 421 g/mol. The van der Waals surface area contributed by atoms with Gasteiger partial charge in [0.05, 0.1) is 11.7 Å². The average Bonchev–Trinajstić information content (AvgIpc) is 3.39. The first-order chi connectivity index (χ1) is 15.8. The molecule has 0 saturated carbocycles. The number of nitrogens with one attached hydrogen (secondary N) is 1. The van der Waals surface area contributed by atoms with E-state index in [0.29, 0.717) is 24.6 Å². The van der Waals surface area contributed by atoms with Crippen molar-refractivity contribution in [3.63, 3.8) is 0 Å². The highest BCUT2D eigenvalue weighted by molar-refractivity contribution is 6.00. The molecule has 2 bridgehead atoms. The lowest BCUT2D eigenvalue weighted by atomic mass is 10.00. The standard InChI is InChI=1S/C24H28FN7O/c1-14-21-15-11-20(23(26)28-13-15)32-9-4-5-19(32)17-12-16(25)6-7-18(17)27-8-10-30(2)24(33)22(21)29-31(14)3/h6-7,11-13,19,27H,4-5,8-10H2,1-3H3,(H2,26,28)/t19-/m1/s1. The fourth-order valence-corrected chi connectivity index (χ4v) is 4.92. The summed E-state index contributed by atoms with van der Waals surface area (Å²) >= 11 is 0. The van der Waals surface area contributed by atoms with Gasteiger partial charge in [-0.05, 0) is 44.0 Å². The molecule has 2 aliphatic rings. The van der Waals surface area contributed by atoms with Crippen LogP contribution in [-0.2, 0) is 7.05 Å². The lowest BCUT2D eigenvalue weighted by molar-refractivity contribution is 0.0794. The van der Waals surface area contributed by atoms with Crippen LogP contribution >= 0.6 is 0 Å². The number of nitrogens with zero attached hydrogens (tertiary/aromatic N) is 5. The lowest BCUT2D eigenvalue weighted by Gasteiger charge is -2.30. The summed E-state index contributed by atoms with van der Waals surface area (Å²) in [7, 11) is 3.60. The number of nitrogens with two attached hydrogens (primary N) is 1. The van der Waals surface area contributed by atoms with Gasteiger partial charge in [-0.3, -0.25) is 9.48 Å². The van der Waals surface area contributed by atoms with Crippen molar-refractivity contribution in [1.82, 2.24) is 19.7 Å². The van der Waals surface area contributed by atoms with Crippen LogP contribution in [0.5, 0.6) is 0 Å². The number of hydrogen-bond donors (Lipinski definition) is 2. The van der Waals surface area contributed by atoms with Crippen LogP contribution in [0.25, 0.3) is 11.1 Å². The van der Waals surface area contributed by atoms with Crippen molar-refractivity contribution in [3.05, 3.63) is 53.2 Å². The molecule has 8 nitrogen and oxygen atoms in total. The molecule has 1 atom stereocenters. The molecule has 4 heterocycles. The minimum Gasteiger partial charge on any atom is -0.383 e. The molecule has 5 rings (SSSR count). The first-order valence-corrected chi connectivity index (χ1v) is 11.2. The van der Waals surface area contributed by atoms with E-state index in [-0.39, 0.29) is 17.8 Å². The normalized spacial score (nSPS) is 18.3. The first-order valence-electron chi connectivity index (χ1n) is 11.2. The molecule has 3 N–H and O–H groups in total. The van der Waals surface area contributed by atoms with Crippen LogP contribution in [0, 0.1) is 12.7 Å². The number of aryl methyl sites for hydroxylation is 1. The van der Waals surface area contributed by atoms with Gasteiger partial charge in [0.15, 0.2) is 5.69 Å². The first kappa shape index (κ1) is 21.2. The van der Waals surface area contributed by atoms with Gasteiger partial charge < -0.3 is 20.9 Å². The number of carbonyl (C=O) groups is 1. The Labute approximate surface area is 192 Å². The van der Waals surface area contributed by atoms with E-state index in [1.165, 1.54) is 6.07 Å². The van der Waals surface area contributed by atoms with Crippen LogP contribution < -0.4 is 16.0 Å². The number of anilines is 3. The Balaban J connectivity index is 1.72. The van der Waals surface area contributed by atoms with Gasteiger partial charge in [-0.1, -0.05) is 0 Å². The van der Waals surface area contributed by atoms with Crippen molar-refractivity contribution in [2.75, 3.05) is 42.6 Å². The van der Waals surface area contributed by atoms with Crippen LogP contribution in [0.15, 0.2) is 30.5 Å². The van der Waals surface area contributed by atoms with Gasteiger partial charge in [-0.2, -0.15) is 5.10 Å². The molecule has 2 aliphatic heterocycles. The van der Waals surface area contributed by atoms with Gasteiger partial charge in [0, 0.05) is 68.0 Å². The summed E-state index contributed by atoms with van der Waals surface area (Å²) in [5.41, 5.74) is 11.7. The largest absolute Gasteiger partial charge is 0.383 e. The maximum atomic E-state index is 14.3. The number of nitrogen functional groups attached to an aromatic ring is 1. The highest BCUT2D eigenvalue weighted by atomic mass is 19.1. The van der Waals surface area contributed by atoms with Crippen LogP contribution in [-0.4, -0.2) is 52.3 Å². The minimum absolute atomic E-state index is 0.0284. The number of aromatic nitrogens is 3. The predicted octanol–water partition coefficient (Wildman–Crippen LogP) is 3.35. The van der Waals surface area contributed by atoms with E-state index in [1.807, 2.05) is 20.0 Å². The predicted molar refractivity (Wildman–Crippen MR) is 127 cm³/mol. The van der Waals surface area contributed by atoms with E-state index >= 15 is 0 Å². The van der Waals surface area contributed by atoms with Gasteiger partial charge in [0.2, 0.25) is 0 Å². The van der Waals surface area contributed by atoms with Crippen molar-refractivity contribution < 1.29 is 9.18 Å². The fraction of sp³-hybridized carbons (Fsp3) is 0.375. The van der Waals surface area contributed by atoms with E-state index in [2.05, 4.69) is 20.3 Å². The number of amides is 1. The summed E-state index contributed by atoms with van der Waals surface area (Å²) in [5.74, 6) is -0.0224. The molecule has 0 spiro atoms. The molecule has 9 heteroatoms. The Hall–Kier alpha value is -3.62. The van der Waals surface area contributed by atoms with Crippen molar-refractivity contribution in [1.29, 1.82) is 0 Å². The Morgan fingerprint density at radius 1 is 1.21 bits per heavy atom. The van der Waals surface area contributed by atoms with Crippen molar-refractivity contribution in [2.24, 2.45) is 7.05 Å².